The van der Waals surface area contributed by atoms with E-state index in [0.717, 1.165) is 6.42 Å². The molecule has 2 atom stereocenters. The third-order valence-corrected chi connectivity index (χ3v) is 3.93. The second-order valence-electron chi connectivity index (χ2n) is 5.33. The number of nitrogens with zero attached hydrogens (tertiary/aromatic N) is 1. The van der Waals surface area contributed by atoms with Crippen molar-refractivity contribution in [2.24, 2.45) is 10.3 Å². The van der Waals surface area contributed by atoms with Gasteiger partial charge in [-0.3, -0.25) is 0 Å². The van der Waals surface area contributed by atoms with Gasteiger partial charge >= 0.3 is 0 Å². The fourth-order valence-electron chi connectivity index (χ4n) is 1.64. The summed E-state index contributed by atoms with van der Waals surface area (Å²) in [5, 5.41) is 0. The summed E-state index contributed by atoms with van der Waals surface area (Å²) in [6.07, 6.45) is 2.53. The van der Waals surface area contributed by atoms with Crippen molar-refractivity contribution in [3.63, 3.8) is 0 Å². The molecular weight excluding hydrogens is 232 g/mol. The molecule has 1 aliphatic rings. The summed E-state index contributed by atoms with van der Waals surface area (Å²) in [4.78, 5) is 0. The number of alkyl halides is 2. The third-order valence-electron chi connectivity index (χ3n) is 2.57. The van der Waals surface area contributed by atoms with Gasteiger partial charge in [0.2, 0.25) is 5.92 Å². The van der Waals surface area contributed by atoms with Crippen molar-refractivity contribution < 1.29 is 13.3 Å². The summed E-state index contributed by atoms with van der Waals surface area (Å²) < 4.78 is 41.2. The van der Waals surface area contributed by atoms with E-state index < -0.39 is 22.0 Å². The highest BCUT2D eigenvalue weighted by Crippen LogP contribution is 2.36. The third kappa shape index (κ3) is 4.37. The van der Waals surface area contributed by atoms with Crippen LogP contribution in [0.4, 0.5) is 8.78 Å². The number of hydrogen-bond donors (Lipinski definition) is 0. The smallest absolute Gasteiger partial charge is 0.248 e. The SMILES string of the molecule is CC(C)(C)[S@+]([O-])N=C[C@H]1CCCC(F)(F)C1. The van der Waals surface area contributed by atoms with Gasteiger partial charge < -0.3 is 4.55 Å². The van der Waals surface area contributed by atoms with Crippen LogP contribution in [-0.4, -0.2) is 21.4 Å². The predicted octanol–water partition coefficient (Wildman–Crippen LogP) is 3.34. The van der Waals surface area contributed by atoms with Gasteiger partial charge in [0.25, 0.3) is 0 Å². The molecule has 0 aromatic rings. The second-order valence-corrected chi connectivity index (χ2v) is 7.26. The predicted molar refractivity (Wildman–Crippen MR) is 63.3 cm³/mol. The zero-order valence-electron chi connectivity index (χ0n) is 10.0. The van der Waals surface area contributed by atoms with Crippen LogP contribution >= 0.6 is 0 Å². The molecule has 0 heterocycles. The molecule has 0 spiro atoms. The lowest BCUT2D eigenvalue weighted by molar-refractivity contribution is -0.0420. The minimum absolute atomic E-state index is 0.0281. The first kappa shape index (κ1) is 13.9. The largest absolute Gasteiger partial charge is 0.591 e. The summed E-state index contributed by atoms with van der Waals surface area (Å²) in [6.45, 7) is 5.45. The van der Waals surface area contributed by atoms with E-state index in [4.69, 9.17) is 0 Å². The first-order valence-electron chi connectivity index (χ1n) is 5.55. The summed E-state index contributed by atoms with van der Waals surface area (Å²) >= 11 is -1.34. The Morgan fingerprint density at radius 2 is 2.06 bits per heavy atom. The van der Waals surface area contributed by atoms with Crippen molar-refractivity contribution in [1.29, 1.82) is 0 Å². The van der Waals surface area contributed by atoms with E-state index in [1.165, 1.54) is 6.21 Å². The lowest BCUT2D eigenvalue weighted by Gasteiger charge is -2.26. The van der Waals surface area contributed by atoms with Crippen molar-refractivity contribution >= 4 is 17.6 Å². The van der Waals surface area contributed by atoms with Crippen LogP contribution in [0.15, 0.2) is 4.40 Å². The van der Waals surface area contributed by atoms with Crippen LogP contribution in [0.2, 0.25) is 0 Å². The fraction of sp³-hybridized carbons (Fsp3) is 0.909. The van der Waals surface area contributed by atoms with Crippen LogP contribution < -0.4 is 0 Å². The van der Waals surface area contributed by atoms with E-state index in [0.29, 0.717) is 6.42 Å². The van der Waals surface area contributed by atoms with Gasteiger partial charge in [0, 0.05) is 18.8 Å². The first-order chi connectivity index (χ1) is 7.21. The molecule has 0 saturated heterocycles. The van der Waals surface area contributed by atoms with Gasteiger partial charge in [0.05, 0.1) is 6.21 Å². The maximum Gasteiger partial charge on any atom is 0.248 e. The van der Waals surface area contributed by atoms with Crippen LogP contribution in [0.3, 0.4) is 0 Å². The molecule has 1 saturated carbocycles. The molecule has 16 heavy (non-hydrogen) atoms. The van der Waals surface area contributed by atoms with E-state index in [-0.39, 0.29) is 18.8 Å². The standard InChI is InChI=1S/C11H19F2NOS/c1-10(2,3)16(15)14-8-9-5-4-6-11(12,13)7-9/h8-9H,4-7H2,1-3H3/t9-,16-/m0/s1. The van der Waals surface area contributed by atoms with E-state index in [1.54, 1.807) is 0 Å². The van der Waals surface area contributed by atoms with Gasteiger partial charge in [-0.05, 0) is 33.6 Å². The van der Waals surface area contributed by atoms with Gasteiger partial charge in [-0.25, -0.2) is 8.78 Å². The number of rotatable bonds is 2. The average Bonchev–Trinajstić information content (AvgIpc) is 2.11. The summed E-state index contributed by atoms with van der Waals surface area (Å²) in [5.74, 6) is -2.80. The minimum Gasteiger partial charge on any atom is -0.591 e. The van der Waals surface area contributed by atoms with Crippen LogP contribution in [0.5, 0.6) is 0 Å². The molecule has 0 amide bonds. The maximum absolute atomic E-state index is 13.1. The van der Waals surface area contributed by atoms with Gasteiger partial charge in [0.1, 0.15) is 16.1 Å². The topological polar surface area (TPSA) is 35.4 Å². The summed E-state index contributed by atoms with van der Waals surface area (Å²) in [7, 11) is 0. The molecule has 0 aromatic carbocycles. The molecule has 5 heteroatoms. The Labute approximate surface area is 98.8 Å². The van der Waals surface area contributed by atoms with E-state index >= 15 is 0 Å². The lowest BCUT2D eigenvalue weighted by atomic mass is 9.87. The Hall–Kier alpha value is -0.160. The Balaban J connectivity index is 2.51. The molecule has 0 N–H and O–H groups in total. The van der Waals surface area contributed by atoms with Crippen molar-refractivity contribution in [1.82, 2.24) is 0 Å². The van der Waals surface area contributed by atoms with Crippen LogP contribution in [0, 0.1) is 5.92 Å². The molecule has 1 aliphatic carbocycles. The molecule has 0 bridgehead atoms. The summed E-state index contributed by atoms with van der Waals surface area (Å²) in [6, 6.07) is 0. The highest BCUT2D eigenvalue weighted by molar-refractivity contribution is 7.91. The van der Waals surface area contributed by atoms with Crippen molar-refractivity contribution in [2.75, 3.05) is 0 Å². The van der Waals surface area contributed by atoms with Crippen LogP contribution in [0.25, 0.3) is 0 Å². The number of hydrogen-bond acceptors (Lipinski definition) is 2. The molecular formula is C11H19F2NOS. The monoisotopic (exact) mass is 251 g/mol. The molecule has 1 rings (SSSR count). The minimum atomic E-state index is -2.57. The van der Waals surface area contributed by atoms with Crippen LogP contribution in [-0.2, 0) is 11.4 Å². The molecule has 0 aromatic heterocycles. The Bertz CT molecular complexity index is 263. The van der Waals surface area contributed by atoms with Crippen LogP contribution in [0.1, 0.15) is 46.5 Å². The molecule has 2 nitrogen and oxygen atoms in total. The zero-order valence-corrected chi connectivity index (χ0v) is 10.8. The molecule has 94 valence electrons. The normalized spacial score (nSPS) is 28.2. The molecule has 0 radical (unpaired) electrons. The lowest BCUT2D eigenvalue weighted by Crippen LogP contribution is -2.29. The van der Waals surface area contributed by atoms with E-state index in [1.807, 2.05) is 20.8 Å². The van der Waals surface area contributed by atoms with Gasteiger partial charge in [-0.15, -0.1) is 0 Å². The van der Waals surface area contributed by atoms with Gasteiger partial charge in [0.15, 0.2) is 0 Å². The highest BCUT2D eigenvalue weighted by atomic mass is 32.2. The summed E-state index contributed by atoms with van der Waals surface area (Å²) in [5.41, 5.74) is 0. The molecule has 0 aliphatic heterocycles. The van der Waals surface area contributed by atoms with Crippen molar-refractivity contribution in [2.45, 2.75) is 57.1 Å². The number of halogens is 2. The fourth-order valence-corrected chi connectivity index (χ4v) is 2.24. The average molecular weight is 251 g/mol. The molecule has 1 fully saturated rings. The zero-order chi connectivity index (χ0) is 12.4. The van der Waals surface area contributed by atoms with E-state index in [2.05, 4.69) is 4.40 Å². The van der Waals surface area contributed by atoms with Gasteiger partial charge in [-0.2, -0.15) is 0 Å². The van der Waals surface area contributed by atoms with Crippen molar-refractivity contribution in [3.8, 4) is 0 Å². The first-order valence-corrected chi connectivity index (χ1v) is 6.65. The Morgan fingerprint density at radius 1 is 1.44 bits per heavy atom. The van der Waals surface area contributed by atoms with Gasteiger partial charge in [-0.1, -0.05) is 4.40 Å². The van der Waals surface area contributed by atoms with Crippen molar-refractivity contribution in [3.05, 3.63) is 0 Å². The quantitative estimate of drug-likeness (QED) is 0.547. The van der Waals surface area contributed by atoms with E-state index in [9.17, 15) is 13.3 Å². The maximum atomic E-state index is 13.1. The Morgan fingerprint density at radius 3 is 2.56 bits per heavy atom. The second kappa shape index (κ2) is 5.00. The molecule has 0 unspecified atom stereocenters. The highest BCUT2D eigenvalue weighted by Gasteiger charge is 2.36. The Kier molecular flexibility index (Phi) is 4.35.